The number of ether oxygens (including phenoxy) is 3. The number of carbonyl (C=O) groups is 4. The van der Waals surface area contributed by atoms with Crippen LogP contribution in [0.3, 0.4) is 0 Å². The average Bonchev–Trinajstić information content (AvgIpc) is 1.20. The van der Waals surface area contributed by atoms with Gasteiger partial charge >= 0.3 is 121 Å². The van der Waals surface area contributed by atoms with Gasteiger partial charge in [0.05, 0.1) is 79.6 Å². The first-order chi connectivity index (χ1) is 41.7. The normalized spacial score (nSPS) is 15.3. The van der Waals surface area contributed by atoms with Gasteiger partial charge in [0.1, 0.15) is 21.7 Å². The first-order valence-electron chi connectivity index (χ1n) is 28.3. The third-order valence-corrected chi connectivity index (χ3v) is 14.9. The van der Waals surface area contributed by atoms with E-state index in [9.17, 15) is 18.8 Å². The van der Waals surface area contributed by atoms with Gasteiger partial charge in [-0.25, -0.2) is 44.3 Å². The molecule has 12 rings (SSSR count). The van der Waals surface area contributed by atoms with Gasteiger partial charge in [-0.2, -0.15) is 0 Å². The number of esters is 3. The van der Waals surface area contributed by atoms with Gasteiger partial charge in [-0.3, -0.25) is 9.18 Å². The molecule has 2 unspecified atom stereocenters. The zero-order chi connectivity index (χ0) is 61.5. The van der Waals surface area contributed by atoms with Crippen molar-refractivity contribution >= 4 is 85.0 Å². The zero-order valence-electron chi connectivity index (χ0n) is 52.2. The van der Waals surface area contributed by atoms with Gasteiger partial charge in [-0.15, -0.1) is 0 Å². The van der Waals surface area contributed by atoms with E-state index >= 15 is 0 Å². The molecule has 1 N–H and O–H groups in total. The maximum Gasteiger partial charge on any atom is 1.00 e. The summed E-state index contributed by atoms with van der Waals surface area (Å²) in [5, 5.41) is 11.8. The number of nitrogens with one attached hydrogen (secondary N) is 1. The van der Waals surface area contributed by atoms with Crippen LogP contribution < -0.4 is 123 Å². The van der Waals surface area contributed by atoms with Crippen LogP contribution in [0.25, 0.3) is 66.9 Å². The number of alkyl halides is 1. The SMILES string of the molecule is C.CC1CCCN1.COC(=O)c1ccc2nc(-c3ccccc3)c(Br)nc2c1.COC(=O)c1ccc2nc(-c3ccccc3)c(N3CCCC3C)nc2c1.COC(=O)c1ccc2nc(-c3ccccc3)c(N3CCC[C@H]3C)nc2c1.O=CO[O-].[2H]CF.[H-].[K+].[K+]. The number of benzene rings is 6. The van der Waals surface area contributed by atoms with Crippen LogP contribution in [0.2, 0.25) is 0 Å². The second-order valence-electron chi connectivity index (χ2n) is 19.9. The summed E-state index contributed by atoms with van der Waals surface area (Å²) < 4.78 is 30.5. The molecule has 0 saturated carbocycles. The van der Waals surface area contributed by atoms with Crippen molar-refractivity contribution in [3.8, 4) is 33.8 Å². The minimum absolute atomic E-state index is 0. The molecule has 0 amide bonds. The summed E-state index contributed by atoms with van der Waals surface area (Å²) in [6.07, 6.45) is 7.35. The minimum atomic E-state index is -1.00. The fourth-order valence-corrected chi connectivity index (χ4v) is 10.5. The van der Waals surface area contributed by atoms with Crippen molar-refractivity contribution in [1.29, 1.82) is 0 Å². The molecule has 0 radical (unpaired) electrons. The molecule has 6 heterocycles. The Morgan fingerprint density at radius 3 is 1.19 bits per heavy atom. The van der Waals surface area contributed by atoms with Crippen LogP contribution in [0, 0.1) is 0 Å². The standard InChI is InChI=1S/2C21H21N3O2.C16H11BrN2O2.C5H11N.CH3F.CH2O3.CH4.2K.H/c2*1-14-7-6-12-24(14)20-19(15-8-4-3-5-9-15)22-17-11-10-16(21(25)26-2)13-18(17)23-20;1-21-16(20)11-7-8-12-13(9-11)19-15(17)14(18-12)10-5-3-2-4-6-10;1-5-3-2-4-6-5;1-2;2-1-4-3;;;;/h2*3-5,8-11,13-14H,6-7,12H2,1-2H3;2-9H,1H3;5-6H,2-4H2,1H3;1H3;1,3H;1H4;;;/q;;;;;;;2*+1;-1/p-1/t14-;;;;;;;;;/m1........./s1/i;;;;1D;;;;;. The molecule has 452 valence electrons. The third-order valence-electron chi connectivity index (χ3n) is 14.3. The Bertz CT molecular complexity index is 3570. The van der Waals surface area contributed by atoms with E-state index < -0.39 is 7.15 Å². The summed E-state index contributed by atoms with van der Waals surface area (Å²) in [4.78, 5) is 79.9. The van der Waals surface area contributed by atoms with E-state index in [1.54, 1.807) is 42.5 Å². The van der Waals surface area contributed by atoms with Crippen LogP contribution in [0.15, 0.2) is 150 Å². The molecule has 3 aliphatic heterocycles. The summed E-state index contributed by atoms with van der Waals surface area (Å²) in [5.74, 6) is 0.655. The number of carbonyl (C=O) groups excluding carboxylic acids is 4. The van der Waals surface area contributed by atoms with Crippen molar-refractivity contribution in [2.45, 2.75) is 84.8 Å². The number of nitrogens with zero attached hydrogens (tertiary/aromatic N) is 8. The van der Waals surface area contributed by atoms with Crippen LogP contribution in [0.1, 0.15) is 101 Å². The molecule has 3 saturated heterocycles. The van der Waals surface area contributed by atoms with Crippen molar-refractivity contribution in [1.82, 2.24) is 35.2 Å². The minimum Gasteiger partial charge on any atom is -1.00 e. The van der Waals surface area contributed by atoms with E-state index in [1.165, 1.54) is 40.7 Å². The Morgan fingerprint density at radius 1 is 0.568 bits per heavy atom. The first kappa shape index (κ1) is 73.2. The molecule has 6 aromatic carbocycles. The monoisotopic (exact) mass is 1310 g/mol. The van der Waals surface area contributed by atoms with Gasteiger partial charge in [0.15, 0.2) is 11.6 Å². The fourth-order valence-electron chi connectivity index (χ4n) is 9.97. The molecule has 3 fully saturated rings. The van der Waals surface area contributed by atoms with E-state index in [0.717, 1.165) is 107 Å². The van der Waals surface area contributed by atoms with E-state index in [-0.39, 0.29) is 136 Å². The molecule has 18 nitrogen and oxygen atoms in total. The fraction of sp³-hybridized carbons (Fsp3) is 0.303. The van der Waals surface area contributed by atoms with E-state index in [4.69, 9.17) is 45.6 Å². The van der Waals surface area contributed by atoms with Gasteiger partial charge in [0, 0.05) is 47.9 Å². The quantitative estimate of drug-likeness (QED) is 0.0405. The summed E-state index contributed by atoms with van der Waals surface area (Å²) in [6, 6.07) is 47.5. The Morgan fingerprint density at radius 2 is 0.909 bits per heavy atom. The topological polar surface area (TPSA) is 224 Å². The van der Waals surface area contributed by atoms with Gasteiger partial charge in [0.2, 0.25) is 0 Å². The number of methoxy groups -OCH3 is 3. The average molecular weight is 1310 g/mol. The third kappa shape index (κ3) is 20.0. The number of hydrogen-bond acceptors (Lipinski definition) is 18. The summed E-state index contributed by atoms with van der Waals surface area (Å²) >= 11 is 3.44. The molecule has 9 aromatic rings. The molecule has 0 bridgehead atoms. The second kappa shape index (κ2) is 38.2. The van der Waals surface area contributed by atoms with E-state index in [0.29, 0.717) is 49.9 Å². The number of aromatic nitrogens is 6. The molecule has 22 heteroatoms. The van der Waals surface area contributed by atoms with Gasteiger partial charge in [-0.05, 0) is 136 Å². The Balaban J connectivity index is 0.000000315. The molecule has 3 atom stereocenters. The molecular formula is C66H73BrFK2N9O9. The molecule has 3 aromatic heterocycles. The molecule has 3 aliphatic rings. The maximum atomic E-state index is 11.9. The van der Waals surface area contributed by atoms with Crippen molar-refractivity contribution in [2.24, 2.45) is 0 Å². The summed E-state index contributed by atoms with van der Waals surface area (Å²) in [5.41, 5.74) is 11.4. The van der Waals surface area contributed by atoms with Crippen molar-refractivity contribution in [2.75, 3.05) is 57.9 Å². The van der Waals surface area contributed by atoms with Gasteiger partial charge in [0.25, 0.3) is 6.47 Å². The summed E-state index contributed by atoms with van der Waals surface area (Å²) in [7, 11) is 3.12. The van der Waals surface area contributed by atoms with Crippen LogP contribution in [-0.2, 0) is 23.9 Å². The summed E-state index contributed by atoms with van der Waals surface area (Å²) in [6.45, 7) is 9.67. The van der Waals surface area contributed by atoms with Gasteiger partial charge < -0.3 is 40.9 Å². The number of rotatable bonds is 9. The number of hydrogen-bond donors (Lipinski definition) is 1. The van der Waals surface area contributed by atoms with Crippen molar-refractivity contribution in [3.05, 3.63) is 167 Å². The number of anilines is 2. The maximum absolute atomic E-state index is 11.9. The Kier molecular flexibility index (Phi) is 31.8. The van der Waals surface area contributed by atoms with E-state index in [2.05, 4.69) is 90.9 Å². The Labute approximate surface area is 610 Å². The molecule has 88 heavy (non-hydrogen) atoms. The van der Waals surface area contributed by atoms with Crippen LogP contribution in [-0.4, -0.2) is 121 Å². The largest absolute Gasteiger partial charge is 1.00 e. The zero-order valence-corrected chi connectivity index (χ0v) is 58.1. The van der Waals surface area contributed by atoms with Crippen LogP contribution in [0.5, 0.6) is 0 Å². The predicted molar refractivity (Wildman–Crippen MR) is 337 cm³/mol. The molecule has 0 aliphatic carbocycles. The van der Waals surface area contributed by atoms with Crippen molar-refractivity contribution in [3.63, 3.8) is 0 Å². The predicted octanol–water partition coefficient (Wildman–Crippen LogP) is 6.53. The smallest absolute Gasteiger partial charge is 1.00 e. The molecular weight excluding hydrogens is 1240 g/mol. The van der Waals surface area contributed by atoms with Gasteiger partial charge in [-0.1, -0.05) is 98.4 Å². The second-order valence-corrected chi connectivity index (χ2v) is 20.6. The van der Waals surface area contributed by atoms with Crippen LogP contribution >= 0.6 is 15.9 Å². The van der Waals surface area contributed by atoms with Crippen molar-refractivity contribution < 1.29 is 153 Å². The van der Waals surface area contributed by atoms with E-state index in [1.807, 2.05) is 78.9 Å². The number of halogens is 2. The molecule has 0 spiro atoms. The number of fused-ring (bicyclic) bond motifs is 3. The first-order valence-corrected chi connectivity index (χ1v) is 28.4. The Hall–Kier alpha value is -5.58. The van der Waals surface area contributed by atoms with Crippen LogP contribution in [0.4, 0.5) is 16.0 Å².